The molecular weight excluding hydrogens is 384 g/mol. The molecule has 0 fully saturated rings. The van der Waals surface area contributed by atoms with E-state index < -0.39 is 0 Å². The highest BCUT2D eigenvalue weighted by Crippen LogP contribution is 2.18. The molecule has 0 radical (unpaired) electrons. The van der Waals surface area contributed by atoms with Gasteiger partial charge >= 0.3 is 5.97 Å². The quantitative estimate of drug-likeness (QED) is 0.155. The minimum Gasteiger partial charge on any atom is -0.465 e. The molecular formula is C24H48O6. The van der Waals surface area contributed by atoms with Gasteiger partial charge in [0, 0.05) is 19.6 Å². The average Bonchev–Trinajstić information content (AvgIpc) is 2.75. The van der Waals surface area contributed by atoms with E-state index in [0.717, 1.165) is 6.42 Å². The molecule has 1 atom stereocenters. The van der Waals surface area contributed by atoms with Gasteiger partial charge in [0.25, 0.3) is 0 Å². The number of rotatable bonds is 24. The van der Waals surface area contributed by atoms with Gasteiger partial charge in [0.15, 0.2) is 0 Å². The van der Waals surface area contributed by atoms with Crippen LogP contribution in [-0.4, -0.2) is 65.4 Å². The molecule has 0 saturated heterocycles. The first-order valence-corrected chi connectivity index (χ1v) is 12.2. The Labute approximate surface area is 185 Å². The van der Waals surface area contributed by atoms with Crippen LogP contribution in [0, 0.1) is 5.92 Å². The molecule has 0 aromatic heterocycles. The fraction of sp³-hybridized carbons (Fsp3) is 0.958. The molecule has 0 heterocycles. The Morgan fingerprint density at radius 1 is 0.633 bits per heavy atom. The number of carbonyl (C=O) groups is 1. The molecule has 180 valence electrons. The molecule has 0 bridgehead atoms. The summed E-state index contributed by atoms with van der Waals surface area (Å²) in [5, 5.41) is 0. The van der Waals surface area contributed by atoms with E-state index in [0.29, 0.717) is 78.2 Å². The van der Waals surface area contributed by atoms with Crippen molar-refractivity contribution < 1.29 is 28.5 Å². The standard InChI is InChI=1S/C24H48O6/c1-4-7-9-10-13-23(12-8-5-2)22-30-24(25)14-11-15-27-18-19-29-21-20-28-17-16-26-6-3/h23H,4-22H2,1-3H3. The van der Waals surface area contributed by atoms with E-state index in [1.54, 1.807) is 0 Å². The van der Waals surface area contributed by atoms with Gasteiger partial charge in [-0.2, -0.15) is 0 Å². The van der Waals surface area contributed by atoms with Crippen molar-refractivity contribution in [2.75, 3.05) is 59.5 Å². The van der Waals surface area contributed by atoms with Crippen LogP contribution in [0.2, 0.25) is 0 Å². The fourth-order valence-electron chi connectivity index (χ4n) is 3.07. The second kappa shape index (κ2) is 24.6. The SMILES string of the molecule is CCCCCCC(CCCC)COC(=O)CCCOCCOCCOCCOCC. The Morgan fingerprint density at radius 2 is 1.20 bits per heavy atom. The Kier molecular flexibility index (Phi) is 24.0. The summed E-state index contributed by atoms with van der Waals surface area (Å²) in [6.07, 6.45) is 10.9. The number of unbranched alkanes of at least 4 members (excludes halogenated alkanes) is 4. The molecule has 0 aliphatic rings. The summed E-state index contributed by atoms with van der Waals surface area (Å²) in [4.78, 5) is 12.0. The summed E-state index contributed by atoms with van der Waals surface area (Å²) < 4.78 is 27.0. The largest absolute Gasteiger partial charge is 0.465 e. The lowest BCUT2D eigenvalue weighted by molar-refractivity contribution is -0.145. The number of carbonyl (C=O) groups excluding carboxylic acids is 1. The molecule has 0 aliphatic heterocycles. The van der Waals surface area contributed by atoms with Gasteiger partial charge in [-0.1, -0.05) is 52.4 Å². The van der Waals surface area contributed by atoms with E-state index in [1.807, 2.05) is 6.92 Å². The highest BCUT2D eigenvalue weighted by Gasteiger charge is 2.12. The normalized spacial score (nSPS) is 12.2. The van der Waals surface area contributed by atoms with Gasteiger partial charge in [0.2, 0.25) is 0 Å². The summed E-state index contributed by atoms with van der Waals surface area (Å²) >= 11 is 0. The zero-order chi connectivity index (χ0) is 22.1. The third-order valence-electron chi connectivity index (χ3n) is 4.90. The van der Waals surface area contributed by atoms with Gasteiger partial charge in [-0.25, -0.2) is 0 Å². The molecule has 0 saturated carbocycles. The predicted octanol–water partition coefficient (Wildman–Crippen LogP) is 5.17. The van der Waals surface area contributed by atoms with Gasteiger partial charge in [-0.15, -0.1) is 0 Å². The van der Waals surface area contributed by atoms with Crippen molar-refractivity contribution in [3.8, 4) is 0 Å². The monoisotopic (exact) mass is 432 g/mol. The predicted molar refractivity (Wildman–Crippen MR) is 121 cm³/mol. The summed E-state index contributed by atoms with van der Waals surface area (Å²) in [5.74, 6) is 0.413. The van der Waals surface area contributed by atoms with Crippen molar-refractivity contribution >= 4 is 5.97 Å². The number of ether oxygens (including phenoxy) is 5. The van der Waals surface area contributed by atoms with E-state index in [2.05, 4.69) is 13.8 Å². The minimum atomic E-state index is -0.103. The third kappa shape index (κ3) is 22.0. The van der Waals surface area contributed by atoms with Gasteiger partial charge in [-0.05, 0) is 32.1 Å². The Hall–Kier alpha value is -0.690. The zero-order valence-electron chi connectivity index (χ0n) is 20.0. The molecule has 0 aliphatic carbocycles. The molecule has 1 unspecified atom stereocenters. The third-order valence-corrected chi connectivity index (χ3v) is 4.90. The molecule has 0 rings (SSSR count). The van der Waals surface area contributed by atoms with Crippen molar-refractivity contribution in [1.29, 1.82) is 0 Å². The maximum Gasteiger partial charge on any atom is 0.305 e. The first kappa shape index (κ1) is 29.3. The van der Waals surface area contributed by atoms with Crippen LogP contribution < -0.4 is 0 Å². The maximum absolute atomic E-state index is 12.0. The van der Waals surface area contributed by atoms with Gasteiger partial charge in [-0.3, -0.25) is 4.79 Å². The van der Waals surface area contributed by atoms with Gasteiger partial charge in [0.1, 0.15) is 0 Å². The molecule has 6 heteroatoms. The summed E-state index contributed by atoms with van der Waals surface area (Å²) in [5.41, 5.74) is 0. The van der Waals surface area contributed by atoms with E-state index >= 15 is 0 Å². The van der Waals surface area contributed by atoms with E-state index in [1.165, 1.54) is 44.9 Å². The van der Waals surface area contributed by atoms with Crippen LogP contribution in [0.4, 0.5) is 0 Å². The molecule has 30 heavy (non-hydrogen) atoms. The van der Waals surface area contributed by atoms with E-state index in [9.17, 15) is 4.79 Å². The second-order valence-corrected chi connectivity index (χ2v) is 7.68. The number of hydrogen-bond donors (Lipinski definition) is 0. The molecule has 6 nitrogen and oxygen atoms in total. The second-order valence-electron chi connectivity index (χ2n) is 7.68. The molecule has 0 amide bonds. The minimum absolute atomic E-state index is 0.103. The molecule has 0 aromatic carbocycles. The van der Waals surface area contributed by atoms with Crippen LogP contribution in [0.3, 0.4) is 0 Å². The first-order valence-electron chi connectivity index (χ1n) is 12.2. The highest BCUT2D eigenvalue weighted by atomic mass is 16.6. The maximum atomic E-state index is 12.0. The Bertz CT molecular complexity index is 351. The van der Waals surface area contributed by atoms with Crippen LogP contribution in [0.1, 0.15) is 85.0 Å². The lowest BCUT2D eigenvalue weighted by Crippen LogP contribution is -2.15. The smallest absolute Gasteiger partial charge is 0.305 e. The zero-order valence-corrected chi connectivity index (χ0v) is 20.0. The topological polar surface area (TPSA) is 63.2 Å². The first-order chi connectivity index (χ1) is 14.7. The lowest BCUT2D eigenvalue weighted by Gasteiger charge is -2.16. The molecule has 0 N–H and O–H groups in total. The number of esters is 1. The van der Waals surface area contributed by atoms with Crippen molar-refractivity contribution in [2.24, 2.45) is 5.92 Å². The van der Waals surface area contributed by atoms with E-state index in [4.69, 9.17) is 23.7 Å². The van der Waals surface area contributed by atoms with Gasteiger partial charge in [0.05, 0.1) is 46.2 Å². The summed E-state index contributed by atoms with van der Waals surface area (Å²) in [6, 6.07) is 0. The number of hydrogen-bond acceptors (Lipinski definition) is 6. The van der Waals surface area contributed by atoms with Crippen LogP contribution in [0.5, 0.6) is 0 Å². The van der Waals surface area contributed by atoms with Crippen molar-refractivity contribution in [3.63, 3.8) is 0 Å². The van der Waals surface area contributed by atoms with Crippen LogP contribution in [0.15, 0.2) is 0 Å². The Balaban J connectivity index is 3.52. The van der Waals surface area contributed by atoms with Crippen LogP contribution in [-0.2, 0) is 28.5 Å². The Morgan fingerprint density at radius 3 is 1.80 bits per heavy atom. The van der Waals surface area contributed by atoms with Gasteiger partial charge < -0.3 is 23.7 Å². The van der Waals surface area contributed by atoms with Crippen molar-refractivity contribution in [1.82, 2.24) is 0 Å². The van der Waals surface area contributed by atoms with Crippen LogP contribution in [0.25, 0.3) is 0 Å². The van der Waals surface area contributed by atoms with Crippen LogP contribution >= 0.6 is 0 Å². The van der Waals surface area contributed by atoms with Crippen molar-refractivity contribution in [3.05, 3.63) is 0 Å². The summed E-state index contributed by atoms with van der Waals surface area (Å²) in [7, 11) is 0. The van der Waals surface area contributed by atoms with E-state index in [-0.39, 0.29) is 5.97 Å². The highest BCUT2D eigenvalue weighted by molar-refractivity contribution is 5.69. The molecule has 0 spiro atoms. The average molecular weight is 433 g/mol. The summed E-state index contributed by atoms with van der Waals surface area (Å²) in [6.45, 7) is 11.7. The molecule has 0 aromatic rings. The lowest BCUT2D eigenvalue weighted by atomic mass is 9.96. The van der Waals surface area contributed by atoms with Crippen molar-refractivity contribution in [2.45, 2.75) is 85.0 Å². The fourth-order valence-corrected chi connectivity index (χ4v) is 3.07.